The molecule has 3 atom stereocenters. The molecule has 0 aromatic carbocycles. The predicted octanol–water partition coefficient (Wildman–Crippen LogP) is 1.27. The van der Waals surface area contributed by atoms with Crippen LogP contribution in [-0.4, -0.2) is 30.1 Å². The van der Waals surface area contributed by atoms with Crippen LogP contribution in [0.1, 0.15) is 26.2 Å². The molecule has 1 aliphatic rings. The number of hydrogen-bond donors (Lipinski definition) is 1. The van der Waals surface area contributed by atoms with Gasteiger partial charge in [0.25, 0.3) is 0 Å². The maximum absolute atomic E-state index is 12.8. The van der Waals surface area contributed by atoms with Crippen molar-refractivity contribution >= 4 is 0 Å². The monoisotopic (exact) mass is 162 g/mol. The highest BCUT2D eigenvalue weighted by Crippen LogP contribution is 2.20. The second kappa shape index (κ2) is 4.02. The molecule has 1 aliphatic heterocycles. The first-order valence-corrected chi connectivity index (χ1v) is 4.19. The van der Waals surface area contributed by atoms with Crippen LogP contribution in [0.3, 0.4) is 0 Å². The number of rotatable bonds is 2. The third-order valence-corrected chi connectivity index (χ3v) is 2.05. The Morgan fingerprint density at radius 2 is 2.36 bits per heavy atom. The summed E-state index contributed by atoms with van der Waals surface area (Å²) in [7, 11) is 0. The molecule has 0 saturated carbocycles. The number of aliphatic hydroxyl groups excluding tert-OH is 1. The zero-order valence-corrected chi connectivity index (χ0v) is 6.79. The second-order valence-corrected chi connectivity index (χ2v) is 2.99. The lowest BCUT2D eigenvalue weighted by Crippen LogP contribution is -2.42. The minimum atomic E-state index is -1.08. The van der Waals surface area contributed by atoms with E-state index in [1.54, 1.807) is 0 Å². The zero-order chi connectivity index (χ0) is 8.27. The maximum Gasteiger partial charge on any atom is 0.131 e. The van der Waals surface area contributed by atoms with Gasteiger partial charge in [0, 0.05) is 13.0 Å². The van der Waals surface area contributed by atoms with Crippen LogP contribution in [0.2, 0.25) is 0 Å². The van der Waals surface area contributed by atoms with Gasteiger partial charge in [0.15, 0.2) is 0 Å². The van der Waals surface area contributed by atoms with Gasteiger partial charge in [0.2, 0.25) is 0 Å². The summed E-state index contributed by atoms with van der Waals surface area (Å²) in [5.74, 6) is 0. The van der Waals surface area contributed by atoms with Gasteiger partial charge in [-0.05, 0) is 6.42 Å². The molecule has 0 radical (unpaired) electrons. The highest BCUT2D eigenvalue weighted by molar-refractivity contribution is 4.80. The first-order chi connectivity index (χ1) is 5.25. The van der Waals surface area contributed by atoms with Crippen molar-refractivity contribution in [1.29, 1.82) is 0 Å². The number of ether oxygens (including phenoxy) is 1. The second-order valence-electron chi connectivity index (χ2n) is 2.99. The maximum atomic E-state index is 12.8. The number of hydrogen-bond acceptors (Lipinski definition) is 2. The number of halogens is 1. The van der Waals surface area contributed by atoms with Crippen molar-refractivity contribution in [3.63, 3.8) is 0 Å². The molecule has 1 rings (SSSR count). The van der Waals surface area contributed by atoms with Gasteiger partial charge in [-0.1, -0.05) is 13.3 Å². The van der Waals surface area contributed by atoms with Gasteiger partial charge in [0.05, 0.1) is 6.10 Å². The third-order valence-electron chi connectivity index (χ3n) is 2.05. The summed E-state index contributed by atoms with van der Waals surface area (Å²) in [5, 5.41) is 9.27. The van der Waals surface area contributed by atoms with Crippen LogP contribution in [0.5, 0.6) is 0 Å². The van der Waals surface area contributed by atoms with E-state index < -0.39 is 12.3 Å². The average molecular weight is 162 g/mol. The Morgan fingerprint density at radius 3 is 3.00 bits per heavy atom. The van der Waals surface area contributed by atoms with Gasteiger partial charge >= 0.3 is 0 Å². The van der Waals surface area contributed by atoms with Crippen molar-refractivity contribution in [2.45, 2.75) is 44.6 Å². The molecule has 0 aliphatic carbocycles. The van der Waals surface area contributed by atoms with Crippen molar-refractivity contribution in [2.24, 2.45) is 0 Å². The Kier molecular flexibility index (Phi) is 3.27. The minimum absolute atomic E-state index is 0.274. The van der Waals surface area contributed by atoms with Gasteiger partial charge in [0.1, 0.15) is 12.3 Å². The van der Waals surface area contributed by atoms with Gasteiger partial charge in [-0.25, -0.2) is 4.39 Å². The molecule has 2 nitrogen and oxygen atoms in total. The summed E-state index contributed by atoms with van der Waals surface area (Å²) in [6, 6.07) is 0. The standard InChI is InChI=1S/C8H15FO2/c1-2-3-7-8(10)6(9)4-5-11-7/h6-8,10H,2-5H2,1H3. The summed E-state index contributed by atoms with van der Waals surface area (Å²) in [6.45, 7) is 2.45. The highest BCUT2D eigenvalue weighted by Gasteiger charge is 2.31. The molecule has 0 bridgehead atoms. The van der Waals surface area contributed by atoms with Crippen LogP contribution in [0, 0.1) is 0 Å². The molecule has 0 amide bonds. The van der Waals surface area contributed by atoms with E-state index in [0.717, 1.165) is 12.8 Å². The van der Waals surface area contributed by atoms with Crippen LogP contribution < -0.4 is 0 Å². The molecule has 1 N–H and O–H groups in total. The molecular weight excluding hydrogens is 147 g/mol. The Hall–Kier alpha value is -0.150. The van der Waals surface area contributed by atoms with Crippen LogP contribution in [0.15, 0.2) is 0 Å². The summed E-state index contributed by atoms with van der Waals surface area (Å²) in [6.07, 6.45) is -0.245. The van der Waals surface area contributed by atoms with Crippen LogP contribution in [0.25, 0.3) is 0 Å². The molecule has 0 aromatic rings. The zero-order valence-electron chi connectivity index (χ0n) is 6.79. The highest BCUT2D eigenvalue weighted by atomic mass is 19.1. The van der Waals surface area contributed by atoms with Crippen molar-refractivity contribution in [1.82, 2.24) is 0 Å². The van der Waals surface area contributed by atoms with Gasteiger partial charge in [-0.2, -0.15) is 0 Å². The molecule has 0 spiro atoms. The molecule has 1 heterocycles. The third kappa shape index (κ3) is 2.14. The van der Waals surface area contributed by atoms with Crippen molar-refractivity contribution in [3.8, 4) is 0 Å². The van der Waals surface area contributed by atoms with E-state index in [1.807, 2.05) is 6.92 Å². The van der Waals surface area contributed by atoms with E-state index >= 15 is 0 Å². The van der Waals surface area contributed by atoms with E-state index in [-0.39, 0.29) is 6.10 Å². The summed E-state index contributed by atoms with van der Waals surface area (Å²) >= 11 is 0. The van der Waals surface area contributed by atoms with E-state index in [0.29, 0.717) is 13.0 Å². The lowest BCUT2D eigenvalue weighted by atomic mass is 10.0. The molecular formula is C8H15FO2. The predicted molar refractivity (Wildman–Crippen MR) is 40.2 cm³/mol. The van der Waals surface area contributed by atoms with Crippen molar-refractivity contribution in [2.75, 3.05) is 6.61 Å². The fraction of sp³-hybridized carbons (Fsp3) is 1.00. The SMILES string of the molecule is CCCC1OCCC(F)C1O. The average Bonchev–Trinajstić information content (AvgIpc) is 1.99. The molecule has 0 aromatic heterocycles. The molecule has 66 valence electrons. The Morgan fingerprint density at radius 1 is 1.64 bits per heavy atom. The topological polar surface area (TPSA) is 29.5 Å². The first kappa shape index (κ1) is 8.94. The molecule has 1 saturated heterocycles. The van der Waals surface area contributed by atoms with E-state index in [1.165, 1.54) is 0 Å². The van der Waals surface area contributed by atoms with E-state index in [9.17, 15) is 9.50 Å². The van der Waals surface area contributed by atoms with E-state index in [2.05, 4.69) is 0 Å². The normalized spacial score (nSPS) is 39.0. The van der Waals surface area contributed by atoms with Crippen LogP contribution >= 0.6 is 0 Å². The fourth-order valence-corrected chi connectivity index (χ4v) is 1.37. The van der Waals surface area contributed by atoms with Gasteiger partial charge in [-0.15, -0.1) is 0 Å². The molecule has 3 heteroatoms. The fourth-order valence-electron chi connectivity index (χ4n) is 1.37. The lowest BCUT2D eigenvalue weighted by Gasteiger charge is -2.30. The largest absolute Gasteiger partial charge is 0.387 e. The number of alkyl halides is 1. The van der Waals surface area contributed by atoms with Gasteiger partial charge < -0.3 is 9.84 Å². The molecule has 3 unspecified atom stereocenters. The lowest BCUT2D eigenvalue weighted by molar-refractivity contribution is -0.114. The van der Waals surface area contributed by atoms with Crippen LogP contribution in [-0.2, 0) is 4.74 Å². The van der Waals surface area contributed by atoms with E-state index in [4.69, 9.17) is 4.74 Å². The smallest absolute Gasteiger partial charge is 0.131 e. The quantitative estimate of drug-likeness (QED) is 0.662. The first-order valence-electron chi connectivity index (χ1n) is 4.19. The van der Waals surface area contributed by atoms with Crippen molar-refractivity contribution in [3.05, 3.63) is 0 Å². The minimum Gasteiger partial charge on any atom is -0.387 e. The van der Waals surface area contributed by atoms with Gasteiger partial charge in [-0.3, -0.25) is 0 Å². The Bertz CT molecular complexity index is 117. The number of aliphatic hydroxyl groups is 1. The molecule has 1 fully saturated rings. The summed E-state index contributed by atoms with van der Waals surface area (Å²) in [5.41, 5.74) is 0. The summed E-state index contributed by atoms with van der Waals surface area (Å²) in [4.78, 5) is 0. The Labute approximate surface area is 66.4 Å². The van der Waals surface area contributed by atoms with Crippen LogP contribution in [0.4, 0.5) is 4.39 Å². The molecule has 11 heavy (non-hydrogen) atoms. The van der Waals surface area contributed by atoms with Crippen molar-refractivity contribution < 1.29 is 14.2 Å². The Balaban J connectivity index is 2.38. The summed E-state index contributed by atoms with van der Waals surface area (Å²) < 4.78 is 18.0.